The van der Waals surface area contributed by atoms with Crippen molar-refractivity contribution in [2.45, 2.75) is 83.6 Å². The fourth-order valence-corrected chi connectivity index (χ4v) is 4.27. The Hall–Kier alpha value is -0.0400. The second-order valence-electron chi connectivity index (χ2n) is 6.55. The van der Waals surface area contributed by atoms with Crippen LogP contribution in [0.5, 0.6) is 0 Å². The summed E-state index contributed by atoms with van der Waals surface area (Å²) in [7, 11) is 0. The van der Waals surface area contributed by atoms with Crippen molar-refractivity contribution in [3.05, 3.63) is 0 Å². The zero-order valence-corrected chi connectivity index (χ0v) is 11.7. The zero-order chi connectivity index (χ0) is 12.1. The Morgan fingerprint density at radius 3 is 2.29 bits per heavy atom. The zero-order valence-electron chi connectivity index (χ0n) is 11.7. The Morgan fingerprint density at radius 1 is 0.941 bits per heavy atom. The summed E-state index contributed by atoms with van der Waals surface area (Å²) >= 11 is 0. The van der Waals surface area contributed by atoms with Gasteiger partial charge in [0.25, 0.3) is 0 Å². The van der Waals surface area contributed by atoms with Gasteiger partial charge in [0.2, 0.25) is 0 Å². The van der Waals surface area contributed by atoms with E-state index >= 15 is 0 Å². The van der Waals surface area contributed by atoms with Crippen LogP contribution >= 0.6 is 0 Å². The maximum atomic E-state index is 6.42. The molecule has 0 radical (unpaired) electrons. The van der Waals surface area contributed by atoms with E-state index in [0.717, 1.165) is 17.8 Å². The Balaban J connectivity index is 1.91. The highest BCUT2D eigenvalue weighted by Gasteiger charge is 2.33. The number of hydrogen-bond acceptors (Lipinski definition) is 1. The van der Waals surface area contributed by atoms with Crippen molar-refractivity contribution < 1.29 is 0 Å². The van der Waals surface area contributed by atoms with Crippen LogP contribution in [-0.4, -0.2) is 6.04 Å². The van der Waals surface area contributed by atoms with Gasteiger partial charge in [0.05, 0.1) is 0 Å². The molecule has 2 N–H and O–H groups in total. The average Bonchev–Trinajstić information content (AvgIpc) is 2.60. The summed E-state index contributed by atoms with van der Waals surface area (Å²) in [5.41, 5.74) is 6.42. The van der Waals surface area contributed by atoms with Gasteiger partial charge in [0.15, 0.2) is 0 Å². The molecule has 0 aromatic heterocycles. The van der Waals surface area contributed by atoms with E-state index < -0.39 is 0 Å². The molecule has 0 aromatic carbocycles. The van der Waals surface area contributed by atoms with Crippen LogP contribution in [0, 0.1) is 17.8 Å². The van der Waals surface area contributed by atoms with Gasteiger partial charge in [-0.1, -0.05) is 58.3 Å². The molecule has 1 nitrogen and oxygen atoms in total. The smallest absolute Gasteiger partial charge is 0.00700 e. The van der Waals surface area contributed by atoms with Crippen LogP contribution in [0.25, 0.3) is 0 Å². The summed E-state index contributed by atoms with van der Waals surface area (Å²) in [6.07, 6.45) is 15.7. The third-order valence-corrected chi connectivity index (χ3v) is 5.27. The van der Waals surface area contributed by atoms with Gasteiger partial charge < -0.3 is 5.73 Å². The highest BCUT2D eigenvalue weighted by atomic mass is 14.7. The maximum Gasteiger partial charge on any atom is 0.00700 e. The lowest BCUT2D eigenvalue weighted by Crippen LogP contribution is -2.40. The van der Waals surface area contributed by atoms with Crippen molar-refractivity contribution in [2.24, 2.45) is 23.5 Å². The molecule has 2 aliphatic carbocycles. The molecule has 2 rings (SSSR count). The van der Waals surface area contributed by atoms with Crippen LogP contribution in [0.4, 0.5) is 0 Å². The van der Waals surface area contributed by atoms with Gasteiger partial charge in [0, 0.05) is 6.04 Å². The maximum absolute atomic E-state index is 6.42. The van der Waals surface area contributed by atoms with Crippen molar-refractivity contribution in [1.82, 2.24) is 0 Å². The SMILES string of the molecule is CCCC1CCC(N)C(C2CCCCCC2)C1. The van der Waals surface area contributed by atoms with E-state index in [-0.39, 0.29) is 0 Å². The highest BCUT2D eigenvalue weighted by Crippen LogP contribution is 2.40. The van der Waals surface area contributed by atoms with E-state index in [1.165, 1.54) is 70.6 Å². The molecule has 3 atom stereocenters. The predicted molar refractivity (Wildman–Crippen MR) is 74.9 cm³/mol. The molecular weight excluding hydrogens is 206 g/mol. The van der Waals surface area contributed by atoms with Crippen molar-refractivity contribution >= 4 is 0 Å². The topological polar surface area (TPSA) is 26.0 Å². The molecular formula is C16H31N. The molecule has 2 saturated carbocycles. The van der Waals surface area contributed by atoms with E-state index in [1.807, 2.05) is 0 Å². The minimum atomic E-state index is 0.520. The molecule has 3 unspecified atom stereocenters. The first-order chi connectivity index (χ1) is 8.31. The molecule has 17 heavy (non-hydrogen) atoms. The minimum absolute atomic E-state index is 0.520. The molecule has 2 fully saturated rings. The predicted octanol–water partition coefficient (Wildman–Crippen LogP) is 4.50. The van der Waals surface area contributed by atoms with E-state index in [4.69, 9.17) is 5.73 Å². The molecule has 0 aliphatic heterocycles. The van der Waals surface area contributed by atoms with Crippen molar-refractivity contribution in [3.8, 4) is 0 Å². The Labute approximate surface area is 108 Å². The summed E-state index contributed by atoms with van der Waals surface area (Å²) in [6, 6.07) is 0.520. The van der Waals surface area contributed by atoms with E-state index in [1.54, 1.807) is 0 Å². The number of nitrogens with two attached hydrogens (primary N) is 1. The lowest BCUT2D eigenvalue weighted by atomic mass is 9.69. The third-order valence-electron chi connectivity index (χ3n) is 5.27. The van der Waals surface area contributed by atoms with Crippen LogP contribution in [-0.2, 0) is 0 Å². The van der Waals surface area contributed by atoms with Crippen LogP contribution in [0.1, 0.15) is 77.6 Å². The molecule has 0 heterocycles. The van der Waals surface area contributed by atoms with Crippen molar-refractivity contribution in [1.29, 1.82) is 0 Å². The van der Waals surface area contributed by atoms with Gasteiger partial charge in [-0.25, -0.2) is 0 Å². The van der Waals surface area contributed by atoms with Gasteiger partial charge in [0.1, 0.15) is 0 Å². The van der Waals surface area contributed by atoms with E-state index in [0.29, 0.717) is 6.04 Å². The van der Waals surface area contributed by atoms with Crippen LogP contribution in [0.3, 0.4) is 0 Å². The Morgan fingerprint density at radius 2 is 1.65 bits per heavy atom. The fourth-order valence-electron chi connectivity index (χ4n) is 4.27. The number of rotatable bonds is 3. The second kappa shape index (κ2) is 6.78. The molecule has 0 saturated heterocycles. The largest absolute Gasteiger partial charge is 0.327 e. The Kier molecular flexibility index (Phi) is 5.34. The van der Waals surface area contributed by atoms with Crippen molar-refractivity contribution in [2.75, 3.05) is 0 Å². The molecule has 1 heteroatoms. The summed E-state index contributed by atoms with van der Waals surface area (Å²) in [5.74, 6) is 2.82. The standard InChI is InChI=1S/C16H31N/c1-2-7-13-10-11-16(17)15(12-13)14-8-5-3-4-6-9-14/h13-16H,2-12,17H2,1H3. The fraction of sp³-hybridized carbons (Fsp3) is 1.00. The first-order valence-corrected chi connectivity index (χ1v) is 8.06. The van der Waals surface area contributed by atoms with Gasteiger partial charge in [-0.15, -0.1) is 0 Å². The molecule has 100 valence electrons. The normalized spacial score (nSPS) is 36.7. The first kappa shape index (κ1) is 13.4. The summed E-state index contributed by atoms with van der Waals surface area (Å²) in [6.45, 7) is 2.33. The van der Waals surface area contributed by atoms with Crippen LogP contribution < -0.4 is 5.73 Å². The summed E-state index contributed by atoms with van der Waals surface area (Å²) in [4.78, 5) is 0. The van der Waals surface area contributed by atoms with Gasteiger partial charge >= 0.3 is 0 Å². The quantitative estimate of drug-likeness (QED) is 0.719. The van der Waals surface area contributed by atoms with E-state index in [2.05, 4.69) is 6.92 Å². The van der Waals surface area contributed by atoms with Crippen LogP contribution in [0.2, 0.25) is 0 Å². The molecule has 0 bridgehead atoms. The van der Waals surface area contributed by atoms with Gasteiger partial charge in [-0.3, -0.25) is 0 Å². The number of hydrogen-bond donors (Lipinski definition) is 1. The highest BCUT2D eigenvalue weighted by molar-refractivity contribution is 4.87. The van der Waals surface area contributed by atoms with Crippen LogP contribution in [0.15, 0.2) is 0 Å². The summed E-state index contributed by atoms with van der Waals surface area (Å²) < 4.78 is 0. The molecule has 0 aromatic rings. The lowest BCUT2D eigenvalue weighted by molar-refractivity contribution is 0.149. The third kappa shape index (κ3) is 3.71. The van der Waals surface area contributed by atoms with Crippen molar-refractivity contribution in [3.63, 3.8) is 0 Å². The minimum Gasteiger partial charge on any atom is -0.327 e. The van der Waals surface area contributed by atoms with Gasteiger partial charge in [-0.2, -0.15) is 0 Å². The average molecular weight is 237 g/mol. The first-order valence-electron chi connectivity index (χ1n) is 8.06. The summed E-state index contributed by atoms with van der Waals surface area (Å²) in [5, 5.41) is 0. The molecule has 0 spiro atoms. The Bertz CT molecular complexity index is 206. The lowest BCUT2D eigenvalue weighted by Gasteiger charge is -2.39. The molecule has 2 aliphatic rings. The monoisotopic (exact) mass is 237 g/mol. The van der Waals surface area contributed by atoms with E-state index in [9.17, 15) is 0 Å². The second-order valence-corrected chi connectivity index (χ2v) is 6.55. The molecule has 0 amide bonds. The van der Waals surface area contributed by atoms with Gasteiger partial charge in [-0.05, 0) is 37.0 Å².